The minimum absolute atomic E-state index is 0. The lowest BCUT2D eigenvalue weighted by Gasteiger charge is -2.18. The Morgan fingerprint density at radius 2 is 2.13 bits per heavy atom. The lowest BCUT2D eigenvalue weighted by Crippen LogP contribution is -2.35. The molecule has 1 rings (SSSR count). The largest absolute Gasteiger partial charge is 0.333 e. The van der Waals surface area contributed by atoms with Crippen LogP contribution in [0.25, 0.3) is 0 Å². The van der Waals surface area contributed by atoms with Crippen molar-refractivity contribution in [3.63, 3.8) is 0 Å². The number of amides is 1. The Morgan fingerprint density at radius 3 is 2.53 bits per heavy atom. The van der Waals surface area contributed by atoms with Crippen molar-refractivity contribution in [2.45, 2.75) is 46.6 Å². The molecule has 0 radical (unpaired) electrons. The highest BCUT2D eigenvalue weighted by molar-refractivity contribution is 5.80. The van der Waals surface area contributed by atoms with Gasteiger partial charge in [0.15, 0.2) is 0 Å². The van der Waals surface area contributed by atoms with Crippen molar-refractivity contribution in [1.82, 2.24) is 4.90 Å². The molecule has 15 heavy (non-hydrogen) atoms. The molecule has 1 aliphatic rings. The van der Waals surface area contributed by atoms with Crippen LogP contribution >= 0.6 is 0 Å². The van der Waals surface area contributed by atoms with Crippen LogP contribution in [0.15, 0.2) is 12.7 Å². The van der Waals surface area contributed by atoms with E-state index >= 15 is 0 Å². The minimum atomic E-state index is -0.137. The van der Waals surface area contributed by atoms with Crippen molar-refractivity contribution in [2.24, 2.45) is 0 Å². The Hall–Kier alpha value is -1.12. The predicted molar refractivity (Wildman–Crippen MR) is 63.7 cm³/mol. The first-order chi connectivity index (χ1) is 6.71. The van der Waals surface area contributed by atoms with Gasteiger partial charge in [-0.25, -0.2) is 0 Å². The van der Waals surface area contributed by atoms with Gasteiger partial charge in [-0.1, -0.05) is 20.4 Å². The van der Waals surface area contributed by atoms with Gasteiger partial charge in [0.25, 0.3) is 0 Å². The number of nitrogens with zero attached hydrogens (tertiary/aromatic N) is 1. The summed E-state index contributed by atoms with van der Waals surface area (Å²) in [5.41, 5.74) is 0. The Labute approximate surface area is 93.2 Å². The molecule has 1 unspecified atom stereocenters. The van der Waals surface area contributed by atoms with Crippen LogP contribution in [-0.4, -0.2) is 29.7 Å². The van der Waals surface area contributed by atoms with E-state index in [1.807, 2.05) is 13.8 Å². The maximum atomic E-state index is 11.2. The zero-order valence-corrected chi connectivity index (χ0v) is 9.03. The highest BCUT2D eigenvalue weighted by Crippen LogP contribution is 2.15. The van der Waals surface area contributed by atoms with Crippen LogP contribution < -0.4 is 0 Å². The summed E-state index contributed by atoms with van der Waals surface area (Å²) in [6, 6.07) is -0.137. The molecule has 0 aromatic heterocycles. The van der Waals surface area contributed by atoms with Gasteiger partial charge >= 0.3 is 0 Å². The minimum Gasteiger partial charge on any atom is -0.333 e. The normalized spacial score (nSPS) is 18.3. The van der Waals surface area contributed by atoms with Gasteiger partial charge < -0.3 is 9.69 Å². The molecular weight excluding hydrogens is 190 g/mol. The summed E-state index contributed by atoms with van der Waals surface area (Å²) >= 11 is 0. The van der Waals surface area contributed by atoms with E-state index in [0.717, 1.165) is 25.7 Å². The van der Waals surface area contributed by atoms with E-state index in [1.165, 1.54) is 0 Å². The Balaban J connectivity index is 0. The molecule has 0 saturated carbocycles. The van der Waals surface area contributed by atoms with Gasteiger partial charge in [-0.15, -0.1) is 6.58 Å². The molecule has 1 heterocycles. The van der Waals surface area contributed by atoms with Gasteiger partial charge in [0, 0.05) is 13.0 Å². The Kier molecular flexibility index (Phi) is 10.3. The van der Waals surface area contributed by atoms with Crippen molar-refractivity contribution >= 4 is 12.2 Å². The van der Waals surface area contributed by atoms with Gasteiger partial charge in [-0.05, 0) is 19.8 Å². The zero-order valence-electron chi connectivity index (χ0n) is 9.03. The van der Waals surface area contributed by atoms with Crippen LogP contribution in [0.2, 0.25) is 0 Å². The van der Waals surface area contributed by atoms with Crippen LogP contribution in [0.5, 0.6) is 0 Å². The fraction of sp³-hybridized carbons (Fsp3) is 0.667. The van der Waals surface area contributed by atoms with Crippen LogP contribution in [0.1, 0.15) is 40.5 Å². The van der Waals surface area contributed by atoms with Crippen LogP contribution in [0.3, 0.4) is 0 Å². The van der Waals surface area contributed by atoms with Crippen LogP contribution in [0.4, 0.5) is 0 Å². The van der Waals surface area contributed by atoms with Crippen LogP contribution in [-0.2, 0) is 9.59 Å². The zero-order chi connectivity index (χ0) is 11.0. The second kappa shape index (κ2) is 9.44. The summed E-state index contributed by atoms with van der Waals surface area (Å²) in [6.45, 7) is 7.83. The smallest absolute Gasteiger partial charge is 0.222 e. The third-order valence-electron chi connectivity index (χ3n) is 2.08. The van der Waals surface area contributed by atoms with Gasteiger partial charge in [-0.3, -0.25) is 4.79 Å². The number of rotatable bonds is 2. The highest BCUT2D eigenvalue weighted by Gasteiger charge is 2.26. The number of allylic oxidation sites excluding steroid dienone is 1. The van der Waals surface area contributed by atoms with Crippen LogP contribution in [0, 0.1) is 0 Å². The fourth-order valence-electron chi connectivity index (χ4n) is 1.45. The van der Waals surface area contributed by atoms with Gasteiger partial charge in [0.05, 0.1) is 6.04 Å². The highest BCUT2D eigenvalue weighted by atomic mass is 16.2. The number of hydrogen-bond acceptors (Lipinski definition) is 2. The molecule has 0 aliphatic carbocycles. The topological polar surface area (TPSA) is 37.4 Å². The standard InChI is InChI=1S/C8H13NO2.C3H6.CH4/c1-2-8(11)9-5-3-4-7(9)6-10;1-3-2;/h6-7H,2-5H2,1H3;3H,1H2,2H3;1H4. The number of likely N-dealkylation sites (tertiary alicyclic amines) is 1. The maximum Gasteiger partial charge on any atom is 0.222 e. The van der Waals surface area contributed by atoms with Crippen molar-refractivity contribution in [1.29, 1.82) is 0 Å². The average molecular weight is 213 g/mol. The molecular formula is C12H23NO2. The molecule has 88 valence electrons. The van der Waals surface area contributed by atoms with Gasteiger partial charge in [0.1, 0.15) is 6.29 Å². The van der Waals surface area contributed by atoms with E-state index in [4.69, 9.17) is 0 Å². The summed E-state index contributed by atoms with van der Waals surface area (Å²) < 4.78 is 0. The van der Waals surface area contributed by atoms with E-state index in [-0.39, 0.29) is 19.4 Å². The molecule has 1 fully saturated rings. The lowest BCUT2D eigenvalue weighted by atomic mass is 10.2. The predicted octanol–water partition coefficient (Wildman–Crippen LogP) is 2.41. The average Bonchev–Trinajstić information content (AvgIpc) is 2.65. The van der Waals surface area contributed by atoms with Crippen molar-refractivity contribution < 1.29 is 9.59 Å². The molecule has 0 N–H and O–H groups in total. The maximum absolute atomic E-state index is 11.2. The monoisotopic (exact) mass is 213 g/mol. The number of carbonyl (C=O) groups is 2. The van der Waals surface area contributed by atoms with Gasteiger partial charge in [-0.2, -0.15) is 0 Å². The molecule has 1 atom stereocenters. The number of aldehydes is 1. The molecule has 0 aromatic carbocycles. The van der Waals surface area contributed by atoms with Gasteiger partial charge in [0.2, 0.25) is 5.91 Å². The Morgan fingerprint density at radius 1 is 1.60 bits per heavy atom. The Bertz CT molecular complexity index is 202. The van der Waals surface area contributed by atoms with E-state index in [9.17, 15) is 9.59 Å². The van der Waals surface area contributed by atoms with Crippen molar-refractivity contribution in [3.05, 3.63) is 12.7 Å². The van der Waals surface area contributed by atoms with Crippen molar-refractivity contribution in [3.8, 4) is 0 Å². The second-order valence-electron chi connectivity index (χ2n) is 3.19. The lowest BCUT2D eigenvalue weighted by molar-refractivity contribution is -0.134. The molecule has 1 aliphatic heterocycles. The SMILES string of the molecule is C.C=CC.CCC(=O)N1CCCC1C=O. The molecule has 3 heteroatoms. The molecule has 1 amide bonds. The third-order valence-corrected chi connectivity index (χ3v) is 2.08. The summed E-state index contributed by atoms with van der Waals surface area (Å²) in [5, 5.41) is 0. The van der Waals surface area contributed by atoms with E-state index in [2.05, 4.69) is 6.58 Å². The van der Waals surface area contributed by atoms with Crippen molar-refractivity contribution in [2.75, 3.05) is 6.54 Å². The number of carbonyl (C=O) groups excluding carboxylic acids is 2. The molecule has 3 nitrogen and oxygen atoms in total. The quantitative estimate of drug-likeness (QED) is 0.522. The molecule has 0 aromatic rings. The molecule has 0 spiro atoms. The summed E-state index contributed by atoms with van der Waals surface area (Å²) in [5.74, 6) is 0.0969. The first kappa shape index (κ1) is 16.3. The fourth-order valence-corrected chi connectivity index (χ4v) is 1.45. The van der Waals surface area contributed by atoms with E-state index in [0.29, 0.717) is 6.42 Å². The summed E-state index contributed by atoms with van der Waals surface area (Å²) in [4.78, 5) is 23.3. The second-order valence-corrected chi connectivity index (χ2v) is 3.19. The third kappa shape index (κ3) is 5.35. The molecule has 0 bridgehead atoms. The van der Waals surface area contributed by atoms with E-state index in [1.54, 1.807) is 11.0 Å². The van der Waals surface area contributed by atoms with E-state index < -0.39 is 0 Å². The summed E-state index contributed by atoms with van der Waals surface area (Å²) in [7, 11) is 0. The first-order valence-corrected chi connectivity index (χ1v) is 5.03. The summed E-state index contributed by atoms with van der Waals surface area (Å²) in [6.07, 6.45) is 4.94. The molecule has 1 saturated heterocycles. The first-order valence-electron chi connectivity index (χ1n) is 5.03. The number of hydrogen-bond donors (Lipinski definition) is 0.